The molecule has 0 fully saturated rings. The third-order valence-electron chi connectivity index (χ3n) is 2.78. The average Bonchev–Trinajstić information content (AvgIpc) is 2.40. The van der Waals surface area contributed by atoms with Crippen LogP contribution in [0.4, 0.5) is 5.82 Å². The van der Waals surface area contributed by atoms with Crippen LogP contribution in [0.1, 0.15) is 24.5 Å². The zero-order valence-electron chi connectivity index (χ0n) is 10.6. The molecule has 0 atom stereocenters. The van der Waals surface area contributed by atoms with Crippen LogP contribution >= 0.6 is 0 Å². The van der Waals surface area contributed by atoms with Gasteiger partial charge in [-0.3, -0.25) is 0 Å². The molecule has 0 aliphatic heterocycles. The number of nitrogen functional groups attached to an aromatic ring is 1. The van der Waals surface area contributed by atoms with Gasteiger partial charge in [0.25, 0.3) is 0 Å². The van der Waals surface area contributed by atoms with Crippen LogP contribution in [-0.4, -0.2) is 4.98 Å². The molecule has 0 unspecified atom stereocenters. The highest BCUT2D eigenvalue weighted by atomic mass is 16.5. The Morgan fingerprint density at radius 2 is 1.94 bits per heavy atom. The molecular formula is C15H18N2O. The summed E-state index contributed by atoms with van der Waals surface area (Å²) in [5.74, 6) is 1.39. The van der Waals surface area contributed by atoms with E-state index in [2.05, 4.69) is 24.0 Å². The highest BCUT2D eigenvalue weighted by molar-refractivity contribution is 5.38. The number of nitrogens with two attached hydrogens (primary N) is 1. The number of benzene rings is 1. The van der Waals surface area contributed by atoms with Gasteiger partial charge in [0, 0.05) is 11.8 Å². The van der Waals surface area contributed by atoms with Crippen LogP contribution in [0.25, 0.3) is 0 Å². The van der Waals surface area contributed by atoms with E-state index in [0.717, 1.165) is 24.2 Å². The fraction of sp³-hybridized carbons (Fsp3) is 0.267. The molecule has 94 valence electrons. The van der Waals surface area contributed by atoms with Gasteiger partial charge in [-0.15, -0.1) is 0 Å². The molecule has 0 radical (unpaired) electrons. The number of hydrogen-bond donors (Lipinski definition) is 1. The van der Waals surface area contributed by atoms with Gasteiger partial charge in [-0.2, -0.15) is 0 Å². The van der Waals surface area contributed by atoms with E-state index in [4.69, 9.17) is 10.5 Å². The van der Waals surface area contributed by atoms with Gasteiger partial charge in [-0.25, -0.2) is 4.98 Å². The average molecular weight is 242 g/mol. The largest absolute Gasteiger partial charge is 0.489 e. The summed E-state index contributed by atoms with van der Waals surface area (Å²) in [5, 5.41) is 0. The fourth-order valence-electron chi connectivity index (χ4n) is 1.77. The van der Waals surface area contributed by atoms with Gasteiger partial charge in [0.05, 0.1) is 0 Å². The molecule has 0 saturated carbocycles. The summed E-state index contributed by atoms with van der Waals surface area (Å²) < 4.78 is 5.69. The van der Waals surface area contributed by atoms with Gasteiger partial charge in [-0.05, 0) is 30.2 Å². The molecule has 18 heavy (non-hydrogen) atoms. The van der Waals surface area contributed by atoms with Crippen molar-refractivity contribution in [2.75, 3.05) is 5.73 Å². The van der Waals surface area contributed by atoms with Crippen LogP contribution in [-0.2, 0) is 13.0 Å². The zero-order valence-corrected chi connectivity index (χ0v) is 10.6. The number of aromatic nitrogens is 1. The Kier molecular flexibility index (Phi) is 4.18. The number of aryl methyl sites for hydroxylation is 1. The molecule has 1 aromatic carbocycles. The van der Waals surface area contributed by atoms with Gasteiger partial charge >= 0.3 is 0 Å². The Bertz CT molecular complexity index is 494. The Morgan fingerprint density at radius 3 is 2.61 bits per heavy atom. The number of anilines is 1. The summed E-state index contributed by atoms with van der Waals surface area (Å²) in [7, 11) is 0. The molecular weight excluding hydrogens is 224 g/mol. The number of rotatable bonds is 5. The van der Waals surface area contributed by atoms with E-state index in [1.54, 1.807) is 6.20 Å². The van der Waals surface area contributed by atoms with Gasteiger partial charge in [0.1, 0.15) is 18.2 Å². The third-order valence-corrected chi connectivity index (χ3v) is 2.78. The van der Waals surface area contributed by atoms with E-state index in [-0.39, 0.29) is 0 Å². The van der Waals surface area contributed by atoms with E-state index < -0.39 is 0 Å². The monoisotopic (exact) mass is 242 g/mol. The van der Waals surface area contributed by atoms with Gasteiger partial charge < -0.3 is 10.5 Å². The first-order valence-electron chi connectivity index (χ1n) is 6.20. The standard InChI is InChI=1S/C15H18N2O/c1-2-4-12-6-8-14(9-7-12)18-11-13-5-3-10-17-15(13)16/h3,5-10H,2,4,11H2,1H3,(H2,16,17). The normalized spacial score (nSPS) is 10.3. The third kappa shape index (κ3) is 3.23. The van der Waals surface area contributed by atoms with Crippen molar-refractivity contribution in [3.8, 4) is 5.75 Å². The fourth-order valence-corrected chi connectivity index (χ4v) is 1.77. The van der Waals surface area contributed by atoms with Crippen LogP contribution in [0.2, 0.25) is 0 Å². The van der Waals surface area contributed by atoms with Crippen molar-refractivity contribution in [2.45, 2.75) is 26.4 Å². The highest BCUT2D eigenvalue weighted by Gasteiger charge is 2.00. The number of hydrogen-bond acceptors (Lipinski definition) is 3. The van der Waals surface area contributed by atoms with Crippen molar-refractivity contribution in [1.29, 1.82) is 0 Å². The first-order valence-corrected chi connectivity index (χ1v) is 6.20. The van der Waals surface area contributed by atoms with Crippen LogP contribution in [0.3, 0.4) is 0 Å². The van der Waals surface area contributed by atoms with E-state index in [1.165, 1.54) is 5.56 Å². The van der Waals surface area contributed by atoms with Crippen molar-refractivity contribution in [3.63, 3.8) is 0 Å². The molecule has 3 heteroatoms. The van der Waals surface area contributed by atoms with Crippen LogP contribution in [0.5, 0.6) is 5.75 Å². The molecule has 0 amide bonds. The Labute approximate surface area is 108 Å². The Balaban J connectivity index is 1.96. The molecule has 2 aromatic rings. The van der Waals surface area contributed by atoms with Crippen molar-refractivity contribution in [2.24, 2.45) is 0 Å². The summed E-state index contributed by atoms with van der Waals surface area (Å²) in [6, 6.07) is 12.0. The lowest BCUT2D eigenvalue weighted by molar-refractivity contribution is 0.306. The van der Waals surface area contributed by atoms with Crippen LogP contribution in [0.15, 0.2) is 42.6 Å². The van der Waals surface area contributed by atoms with Gasteiger partial charge in [0.15, 0.2) is 0 Å². The molecule has 0 spiro atoms. The number of nitrogens with zero attached hydrogens (tertiary/aromatic N) is 1. The molecule has 2 rings (SSSR count). The maximum Gasteiger partial charge on any atom is 0.129 e. The van der Waals surface area contributed by atoms with Crippen molar-refractivity contribution < 1.29 is 4.74 Å². The van der Waals surface area contributed by atoms with Crippen LogP contribution < -0.4 is 10.5 Å². The second kappa shape index (κ2) is 6.05. The predicted octanol–water partition coefficient (Wildman–Crippen LogP) is 3.20. The number of pyridine rings is 1. The second-order valence-corrected chi connectivity index (χ2v) is 4.23. The molecule has 0 saturated heterocycles. The summed E-state index contributed by atoms with van der Waals surface area (Å²) in [6.45, 7) is 2.63. The van der Waals surface area contributed by atoms with Crippen molar-refractivity contribution >= 4 is 5.82 Å². The molecule has 1 heterocycles. The van der Waals surface area contributed by atoms with E-state index in [9.17, 15) is 0 Å². The van der Waals surface area contributed by atoms with E-state index in [0.29, 0.717) is 12.4 Å². The maximum absolute atomic E-state index is 5.76. The number of ether oxygens (including phenoxy) is 1. The van der Waals surface area contributed by atoms with Gasteiger partial charge in [-0.1, -0.05) is 31.5 Å². The molecule has 2 N–H and O–H groups in total. The zero-order chi connectivity index (χ0) is 12.8. The Hall–Kier alpha value is -2.03. The quantitative estimate of drug-likeness (QED) is 0.875. The second-order valence-electron chi connectivity index (χ2n) is 4.23. The summed E-state index contributed by atoms with van der Waals surface area (Å²) in [4.78, 5) is 4.03. The SMILES string of the molecule is CCCc1ccc(OCc2cccnc2N)cc1. The summed E-state index contributed by atoms with van der Waals surface area (Å²) >= 11 is 0. The predicted molar refractivity (Wildman–Crippen MR) is 73.4 cm³/mol. The lowest BCUT2D eigenvalue weighted by atomic mass is 10.1. The molecule has 1 aromatic heterocycles. The van der Waals surface area contributed by atoms with Crippen molar-refractivity contribution in [3.05, 3.63) is 53.7 Å². The molecule has 0 bridgehead atoms. The van der Waals surface area contributed by atoms with Crippen molar-refractivity contribution in [1.82, 2.24) is 4.98 Å². The summed E-state index contributed by atoms with van der Waals surface area (Å²) in [5.41, 5.74) is 8.01. The van der Waals surface area contributed by atoms with Crippen LogP contribution in [0, 0.1) is 0 Å². The van der Waals surface area contributed by atoms with E-state index in [1.807, 2.05) is 24.3 Å². The summed E-state index contributed by atoms with van der Waals surface area (Å²) in [6.07, 6.45) is 3.95. The topological polar surface area (TPSA) is 48.1 Å². The minimum atomic E-state index is 0.451. The smallest absolute Gasteiger partial charge is 0.129 e. The first kappa shape index (κ1) is 12.4. The first-order chi connectivity index (χ1) is 8.79. The Morgan fingerprint density at radius 1 is 1.17 bits per heavy atom. The lowest BCUT2D eigenvalue weighted by Gasteiger charge is -2.08. The molecule has 3 nitrogen and oxygen atoms in total. The highest BCUT2D eigenvalue weighted by Crippen LogP contribution is 2.16. The minimum absolute atomic E-state index is 0.451. The molecule has 0 aliphatic rings. The lowest BCUT2D eigenvalue weighted by Crippen LogP contribution is -2.01. The minimum Gasteiger partial charge on any atom is -0.489 e. The maximum atomic E-state index is 5.76. The van der Waals surface area contributed by atoms with Gasteiger partial charge in [0.2, 0.25) is 0 Å². The van der Waals surface area contributed by atoms with E-state index >= 15 is 0 Å². The molecule has 0 aliphatic carbocycles.